The van der Waals surface area contributed by atoms with Gasteiger partial charge in [-0.05, 0) is 34.1 Å². The minimum absolute atomic E-state index is 0.0644. The fraction of sp³-hybridized carbons (Fsp3) is 0. The summed E-state index contributed by atoms with van der Waals surface area (Å²) in [5, 5.41) is 40.3. The third-order valence-electron chi connectivity index (χ3n) is 3.52. The Morgan fingerprint density at radius 1 is 0.667 bits per heavy atom. The molecule has 0 atom stereocenters. The Kier molecular flexibility index (Phi) is 4.28. The lowest BCUT2D eigenvalue weighted by atomic mass is 9.95. The van der Waals surface area contributed by atoms with Crippen LogP contribution < -0.4 is 0 Å². The second-order valence-corrected chi connectivity index (χ2v) is 6.52. The number of nitriles is 4. The van der Waals surface area contributed by atoms with Crippen molar-refractivity contribution >= 4 is 34.7 Å². The number of thioether (sulfide) groups is 2. The summed E-state index contributed by atoms with van der Waals surface area (Å²) >= 11 is 3.00. The summed E-state index contributed by atoms with van der Waals surface area (Å²) in [6, 6.07) is 11.4. The Bertz CT molecular complexity index is 928. The van der Waals surface area contributed by atoms with E-state index in [0.717, 1.165) is 20.9 Å². The van der Waals surface area contributed by atoms with Crippen LogP contribution in [0.25, 0.3) is 11.1 Å². The van der Waals surface area contributed by atoms with Crippen LogP contribution in [0.4, 0.5) is 0 Å². The maximum atomic E-state index is 9.15. The molecule has 0 saturated heterocycles. The highest BCUT2D eigenvalue weighted by Crippen LogP contribution is 2.48. The Hall–Kier alpha value is -3.16. The highest BCUT2D eigenvalue weighted by Gasteiger charge is 2.24. The maximum Gasteiger partial charge on any atom is 0.137 e. The molecule has 0 saturated carbocycles. The summed E-state index contributed by atoms with van der Waals surface area (Å²) in [7, 11) is 0. The van der Waals surface area contributed by atoms with Crippen molar-refractivity contribution in [2.24, 2.45) is 0 Å². The molecule has 110 valence electrons. The Morgan fingerprint density at radius 2 is 1.04 bits per heavy atom. The Morgan fingerprint density at radius 3 is 1.38 bits per heavy atom. The van der Waals surface area contributed by atoms with Crippen molar-refractivity contribution in [3.63, 3.8) is 0 Å². The molecule has 0 aliphatic carbocycles. The van der Waals surface area contributed by atoms with Gasteiger partial charge in [0.1, 0.15) is 35.4 Å². The van der Waals surface area contributed by atoms with E-state index in [4.69, 9.17) is 21.0 Å². The van der Waals surface area contributed by atoms with Crippen LogP contribution in [0.5, 0.6) is 0 Å². The molecule has 6 heteroatoms. The Labute approximate surface area is 147 Å². The molecule has 0 bridgehead atoms. The Balaban J connectivity index is 2.30. The minimum atomic E-state index is 0.0644. The zero-order chi connectivity index (χ0) is 17.1. The van der Waals surface area contributed by atoms with E-state index in [1.807, 2.05) is 47.2 Å². The van der Waals surface area contributed by atoms with Crippen molar-refractivity contribution in [1.82, 2.24) is 0 Å². The molecule has 4 nitrogen and oxygen atoms in total. The minimum Gasteiger partial charge on any atom is -0.192 e. The molecule has 0 amide bonds. The average Bonchev–Trinajstić information content (AvgIpc) is 2.64. The summed E-state index contributed by atoms with van der Waals surface area (Å²) in [5.74, 6) is 0. The van der Waals surface area contributed by atoms with E-state index in [-0.39, 0.29) is 11.1 Å². The fourth-order valence-electron chi connectivity index (χ4n) is 2.47. The molecule has 3 rings (SSSR count). The van der Waals surface area contributed by atoms with Crippen LogP contribution in [-0.4, -0.2) is 0 Å². The lowest BCUT2D eigenvalue weighted by molar-refractivity contribution is 1.19. The number of nitrogens with zero attached hydrogens (tertiary/aromatic N) is 4. The third kappa shape index (κ3) is 2.41. The SMILES string of the molecule is N#CC(C#N)=C1C=CSc2c1ccc1c2SC=CC1=C(C#N)C#N. The van der Waals surface area contributed by atoms with Crippen molar-refractivity contribution in [3.8, 4) is 24.3 Å². The molecule has 2 heterocycles. The van der Waals surface area contributed by atoms with E-state index in [1.54, 1.807) is 12.2 Å². The number of allylic oxidation sites excluding steroid dienone is 6. The van der Waals surface area contributed by atoms with Gasteiger partial charge in [-0.3, -0.25) is 0 Å². The van der Waals surface area contributed by atoms with Crippen LogP contribution >= 0.6 is 23.5 Å². The first-order valence-corrected chi connectivity index (χ1v) is 8.44. The first kappa shape index (κ1) is 15.7. The molecule has 0 unspecified atom stereocenters. The predicted molar refractivity (Wildman–Crippen MR) is 92.7 cm³/mol. The molecular formula is C18H6N4S2. The smallest absolute Gasteiger partial charge is 0.137 e. The highest BCUT2D eigenvalue weighted by molar-refractivity contribution is 8.05. The zero-order valence-corrected chi connectivity index (χ0v) is 13.7. The van der Waals surface area contributed by atoms with Gasteiger partial charge in [0.15, 0.2) is 0 Å². The van der Waals surface area contributed by atoms with Crippen molar-refractivity contribution < 1.29 is 0 Å². The largest absolute Gasteiger partial charge is 0.192 e. The number of rotatable bonds is 0. The molecule has 1 aromatic carbocycles. The normalized spacial score (nSPS) is 13.7. The molecule has 0 radical (unpaired) electrons. The van der Waals surface area contributed by atoms with E-state index in [1.165, 1.54) is 23.5 Å². The van der Waals surface area contributed by atoms with Gasteiger partial charge >= 0.3 is 0 Å². The summed E-state index contributed by atoms with van der Waals surface area (Å²) < 4.78 is 0. The van der Waals surface area contributed by atoms with Gasteiger partial charge < -0.3 is 0 Å². The number of hydrogen-bond donors (Lipinski definition) is 0. The van der Waals surface area contributed by atoms with Crippen LogP contribution in [0.1, 0.15) is 11.1 Å². The van der Waals surface area contributed by atoms with Gasteiger partial charge in [-0.2, -0.15) is 21.0 Å². The molecule has 0 spiro atoms. The van der Waals surface area contributed by atoms with Gasteiger partial charge in [0, 0.05) is 20.9 Å². The monoisotopic (exact) mass is 342 g/mol. The molecular weight excluding hydrogens is 336 g/mol. The molecule has 2 aliphatic heterocycles. The standard InChI is InChI=1S/C18H6N4S2/c19-7-11(8-20)13-3-5-23-17-15(13)1-2-16-14(12(9-21)10-22)4-6-24-18(16)17/h1-6H. The second kappa shape index (κ2) is 6.53. The summed E-state index contributed by atoms with van der Waals surface area (Å²) in [4.78, 5) is 1.85. The van der Waals surface area contributed by atoms with Crippen molar-refractivity contribution in [3.05, 3.63) is 57.4 Å². The predicted octanol–water partition coefficient (Wildman–Crippen LogP) is 4.53. The fourth-order valence-corrected chi connectivity index (χ4v) is 4.48. The lowest BCUT2D eigenvalue weighted by Gasteiger charge is -2.22. The van der Waals surface area contributed by atoms with Crippen LogP contribution in [0.3, 0.4) is 0 Å². The third-order valence-corrected chi connectivity index (χ3v) is 5.51. The lowest BCUT2D eigenvalue weighted by Crippen LogP contribution is -2.00. The van der Waals surface area contributed by atoms with E-state index in [0.29, 0.717) is 11.1 Å². The molecule has 24 heavy (non-hydrogen) atoms. The van der Waals surface area contributed by atoms with Gasteiger partial charge in [-0.15, -0.1) is 0 Å². The number of hydrogen-bond acceptors (Lipinski definition) is 6. The molecule has 0 N–H and O–H groups in total. The van der Waals surface area contributed by atoms with Crippen LogP contribution in [0.2, 0.25) is 0 Å². The van der Waals surface area contributed by atoms with Crippen molar-refractivity contribution in [2.75, 3.05) is 0 Å². The second-order valence-electron chi connectivity index (χ2n) is 4.68. The topological polar surface area (TPSA) is 95.2 Å². The van der Waals surface area contributed by atoms with Crippen molar-refractivity contribution in [2.45, 2.75) is 9.79 Å². The zero-order valence-electron chi connectivity index (χ0n) is 12.1. The summed E-state index contributed by atoms with van der Waals surface area (Å²) in [5.41, 5.74) is 2.95. The van der Waals surface area contributed by atoms with Crippen LogP contribution in [0, 0.1) is 45.3 Å². The molecule has 2 aliphatic rings. The quantitative estimate of drug-likeness (QED) is 0.643. The van der Waals surface area contributed by atoms with Gasteiger partial charge in [0.05, 0.1) is 0 Å². The molecule has 0 fully saturated rings. The number of benzene rings is 1. The van der Waals surface area contributed by atoms with E-state index >= 15 is 0 Å². The van der Waals surface area contributed by atoms with Crippen molar-refractivity contribution in [1.29, 1.82) is 21.0 Å². The van der Waals surface area contributed by atoms with Gasteiger partial charge in [0.25, 0.3) is 0 Å². The van der Waals surface area contributed by atoms with Gasteiger partial charge in [-0.25, -0.2) is 0 Å². The molecule has 0 aromatic heterocycles. The first-order valence-electron chi connectivity index (χ1n) is 6.68. The van der Waals surface area contributed by atoms with Gasteiger partial charge in [0.2, 0.25) is 0 Å². The van der Waals surface area contributed by atoms with E-state index in [2.05, 4.69) is 0 Å². The van der Waals surface area contributed by atoms with E-state index in [9.17, 15) is 0 Å². The first-order chi connectivity index (χ1) is 11.7. The summed E-state index contributed by atoms with van der Waals surface area (Å²) in [6.07, 6.45) is 3.52. The van der Waals surface area contributed by atoms with Crippen LogP contribution in [-0.2, 0) is 0 Å². The van der Waals surface area contributed by atoms with Gasteiger partial charge in [-0.1, -0.05) is 35.7 Å². The van der Waals surface area contributed by atoms with E-state index < -0.39 is 0 Å². The summed E-state index contributed by atoms with van der Waals surface area (Å²) in [6.45, 7) is 0. The maximum absolute atomic E-state index is 9.15. The van der Waals surface area contributed by atoms with Crippen LogP contribution in [0.15, 0.2) is 56.0 Å². The average molecular weight is 342 g/mol. The highest BCUT2D eigenvalue weighted by atomic mass is 32.2. The number of fused-ring (bicyclic) bond motifs is 3. The molecule has 1 aromatic rings.